The van der Waals surface area contributed by atoms with Crippen LogP contribution in [0.2, 0.25) is 0 Å². The number of anilines is 1. The number of nitrogens with zero attached hydrogens (tertiary/aromatic N) is 1. The number of rotatable bonds is 4. The van der Waals surface area contributed by atoms with E-state index in [9.17, 15) is 4.79 Å². The van der Waals surface area contributed by atoms with Gasteiger partial charge in [-0.05, 0) is 71.4 Å². The molecule has 1 aliphatic rings. The van der Waals surface area contributed by atoms with E-state index in [1.165, 1.54) is 5.69 Å². The van der Waals surface area contributed by atoms with Gasteiger partial charge in [0.05, 0.1) is 5.56 Å². The second-order valence-electron chi connectivity index (χ2n) is 6.59. The third-order valence-electron chi connectivity index (χ3n) is 4.60. The fraction of sp³-hybridized carbons (Fsp3) is 0.350. The summed E-state index contributed by atoms with van der Waals surface area (Å²) >= 11 is 3.54. The van der Waals surface area contributed by atoms with Crippen LogP contribution >= 0.6 is 15.9 Å². The maximum atomic E-state index is 12.5. The first kappa shape index (κ1) is 17.0. The van der Waals surface area contributed by atoms with Gasteiger partial charge in [-0.15, -0.1) is 0 Å². The van der Waals surface area contributed by atoms with Crippen LogP contribution in [-0.2, 0) is 0 Å². The number of carbonyl (C=O) groups excluding carboxylic acids is 1. The summed E-state index contributed by atoms with van der Waals surface area (Å²) in [4.78, 5) is 14.9. The quantitative estimate of drug-likeness (QED) is 0.848. The van der Waals surface area contributed by atoms with Crippen molar-refractivity contribution in [2.24, 2.45) is 5.92 Å². The number of benzene rings is 2. The lowest BCUT2D eigenvalue weighted by Crippen LogP contribution is -2.31. The monoisotopic (exact) mass is 386 g/mol. The molecule has 1 aliphatic heterocycles. The maximum absolute atomic E-state index is 12.5. The van der Waals surface area contributed by atoms with Crippen LogP contribution < -0.4 is 10.2 Å². The molecule has 1 saturated heterocycles. The number of nitrogens with one attached hydrogen (secondary N) is 1. The Morgan fingerprint density at radius 3 is 2.75 bits per heavy atom. The fourth-order valence-electron chi connectivity index (χ4n) is 3.32. The summed E-state index contributed by atoms with van der Waals surface area (Å²) < 4.78 is 0.892. The van der Waals surface area contributed by atoms with Crippen molar-refractivity contribution in [3.05, 3.63) is 63.6 Å². The minimum Gasteiger partial charge on any atom is -0.371 e. The lowest BCUT2D eigenvalue weighted by Gasteiger charge is -2.19. The van der Waals surface area contributed by atoms with Crippen LogP contribution in [0.5, 0.6) is 0 Å². The van der Waals surface area contributed by atoms with E-state index in [1.807, 2.05) is 26.0 Å². The third kappa shape index (κ3) is 3.81. The van der Waals surface area contributed by atoms with Crippen LogP contribution in [0.15, 0.2) is 46.9 Å². The SMILES string of the molecule is Cc1cc(C)c(Br)c(C(=O)NCC2CCN(c3ccccc3)C2)c1. The lowest BCUT2D eigenvalue weighted by atomic mass is 10.1. The van der Waals surface area contributed by atoms with E-state index >= 15 is 0 Å². The van der Waals surface area contributed by atoms with Gasteiger partial charge in [0.2, 0.25) is 0 Å². The number of amides is 1. The molecule has 1 heterocycles. The summed E-state index contributed by atoms with van der Waals surface area (Å²) in [7, 11) is 0. The minimum atomic E-state index is 0.00633. The van der Waals surface area contributed by atoms with E-state index in [4.69, 9.17) is 0 Å². The molecular weight excluding hydrogens is 364 g/mol. The van der Waals surface area contributed by atoms with Crippen molar-refractivity contribution >= 4 is 27.5 Å². The van der Waals surface area contributed by atoms with Crippen molar-refractivity contribution in [1.29, 1.82) is 0 Å². The first-order valence-electron chi connectivity index (χ1n) is 8.39. The highest BCUT2D eigenvalue weighted by atomic mass is 79.9. The van der Waals surface area contributed by atoms with Gasteiger partial charge in [0.15, 0.2) is 0 Å². The molecule has 3 rings (SSSR count). The molecule has 4 heteroatoms. The Bertz CT molecular complexity index is 730. The highest BCUT2D eigenvalue weighted by molar-refractivity contribution is 9.10. The zero-order valence-electron chi connectivity index (χ0n) is 14.2. The highest BCUT2D eigenvalue weighted by Gasteiger charge is 2.23. The molecule has 1 N–H and O–H groups in total. The van der Waals surface area contributed by atoms with Crippen LogP contribution in [0.1, 0.15) is 27.9 Å². The Labute approximate surface area is 152 Å². The second-order valence-corrected chi connectivity index (χ2v) is 7.38. The number of carbonyl (C=O) groups is 1. The van der Waals surface area contributed by atoms with Crippen molar-refractivity contribution < 1.29 is 4.79 Å². The minimum absolute atomic E-state index is 0.00633. The van der Waals surface area contributed by atoms with Crippen molar-refractivity contribution in [2.75, 3.05) is 24.5 Å². The van der Waals surface area contributed by atoms with Crippen LogP contribution in [0.3, 0.4) is 0 Å². The van der Waals surface area contributed by atoms with Crippen LogP contribution in [-0.4, -0.2) is 25.5 Å². The number of halogens is 1. The zero-order valence-corrected chi connectivity index (χ0v) is 15.8. The molecule has 1 atom stereocenters. The summed E-state index contributed by atoms with van der Waals surface area (Å²) in [6, 6.07) is 14.5. The Hall–Kier alpha value is -1.81. The van der Waals surface area contributed by atoms with Gasteiger partial charge in [-0.2, -0.15) is 0 Å². The highest BCUT2D eigenvalue weighted by Crippen LogP contribution is 2.25. The summed E-state index contributed by atoms with van der Waals surface area (Å²) in [5.41, 5.74) is 4.20. The molecule has 24 heavy (non-hydrogen) atoms. The Balaban J connectivity index is 1.58. The molecule has 2 aromatic rings. The van der Waals surface area contributed by atoms with Gasteiger partial charge < -0.3 is 10.2 Å². The first-order valence-corrected chi connectivity index (χ1v) is 9.19. The van der Waals surface area contributed by atoms with Crippen molar-refractivity contribution in [3.63, 3.8) is 0 Å². The summed E-state index contributed by atoms with van der Waals surface area (Å²) in [6.45, 7) is 6.81. The average Bonchev–Trinajstić information content (AvgIpc) is 3.06. The van der Waals surface area contributed by atoms with E-state index < -0.39 is 0 Å². The second kappa shape index (κ2) is 7.39. The maximum Gasteiger partial charge on any atom is 0.252 e. The predicted molar refractivity (Wildman–Crippen MR) is 103 cm³/mol. The molecule has 0 saturated carbocycles. The number of para-hydroxylation sites is 1. The van der Waals surface area contributed by atoms with Crippen LogP contribution in [0.4, 0.5) is 5.69 Å². The summed E-state index contributed by atoms with van der Waals surface area (Å²) in [5.74, 6) is 0.505. The van der Waals surface area contributed by atoms with Crippen LogP contribution in [0, 0.1) is 19.8 Å². The van der Waals surface area contributed by atoms with Gasteiger partial charge in [-0.1, -0.05) is 24.3 Å². The predicted octanol–water partition coefficient (Wildman–Crippen LogP) is 4.32. The van der Waals surface area contributed by atoms with Crippen molar-refractivity contribution in [3.8, 4) is 0 Å². The van der Waals surface area contributed by atoms with Crippen LogP contribution in [0.25, 0.3) is 0 Å². The van der Waals surface area contributed by atoms with E-state index in [0.29, 0.717) is 5.92 Å². The number of aryl methyl sites for hydroxylation is 2. The molecule has 1 unspecified atom stereocenters. The van der Waals surface area contributed by atoms with Crippen molar-refractivity contribution in [1.82, 2.24) is 5.32 Å². The standard InChI is InChI=1S/C20H23BrN2O/c1-14-10-15(2)19(21)18(11-14)20(24)22-12-16-8-9-23(13-16)17-6-4-3-5-7-17/h3-7,10-11,16H,8-9,12-13H2,1-2H3,(H,22,24). The largest absolute Gasteiger partial charge is 0.371 e. The Morgan fingerprint density at radius 1 is 1.25 bits per heavy atom. The number of hydrogen-bond donors (Lipinski definition) is 1. The molecule has 0 aromatic heterocycles. The summed E-state index contributed by atoms with van der Waals surface area (Å²) in [5, 5.41) is 3.11. The van der Waals surface area contributed by atoms with Gasteiger partial charge in [0, 0.05) is 29.8 Å². The molecule has 0 bridgehead atoms. The normalized spacial score (nSPS) is 17.1. The van der Waals surface area contributed by atoms with Crippen molar-refractivity contribution in [2.45, 2.75) is 20.3 Å². The summed E-state index contributed by atoms with van der Waals surface area (Å²) in [6.07, 6.45) is 1.11. The molecule has 2 aromatic carbocycles. The lowest BCUT2D eigenvalue weighted by molar-refractivity contribution is 0.0947. The van der Waals surface area contributed by atoms with E-state index in [-0.39, 0.29) is 5.91 Å². The smallest absolute Gasteiger partial charge is 0.252 e. The van der Waals surface area contributed by atoms with Gasteiger partial charge in [0.25, 0.3) is 5.91 Å². The molecule has 0 spiro atoms. The van der Waals surface area contributed by atoms with Gasteiger partial charge in [-0.25, -0.2) is 0 Å². The topological polar surface area (TPSA) is 32.3 Å². The van der Waals surface area contributed by atoms with E-state index in [1.54, 1.807) is 0 Å². The molecule has 1 fully saturated rings. The van der Waals surface area contributed by atoms with E-state index in [0.717, 1.165) is 47.2 Å². The molecule has 0 aliphatic carbocycles. The van der Waals surface area contributed by atoms with Gasteiger partial charge in [-0.3, -0.25) is 4.79 Å². The average molecular weight is 387 g/mol. The third-order valence-corrected chi connectivity index (χ3v) is 5.65. The van der Waals surface area contributed by atoms with E-state index in [2.05, 4.69) is 56.5 Å². The molecule has 0 radical (unpaired) electrons. The fourth-order valence-corrected chi connectivity index (χ4v) is 3.73. The Kier molecular flexibility index (Phi) is 5.24. The van der Waals surface area contributed by atoms with Gasteiger partial charge >= 0.3 is 0 Å². The zero-order chi connectivity index (χ0) is 17.1. The first-order chi connectivity index (χ1) is 11.5. The number of hydrogen-bond acceptors (Lipinski definition) is 2. The molecule has 1 amide bonds. The Morgan fingerprint density at radius 2 is 2.00 bits per heavy atom. The molecule has 126 valence electrons. The van der Waals surface area contributed by atoms with Gasteiger partial charge in [0.1, 0.15) is 0 Å². The molecular formula is C20H23BrN2O. The molecule has 3 nitrogen and oxygen atoms in total.